The number of carboxylic acid groups (broad SMARTS) is 1. The van der Waals surface area contributed by atoms with Gasteiger partial charge in [-0.15, -0.1) is 0 Å². The van der Waals surface area contributed by atoms with E-state index in [1.165, 1.54) is 14.2 Å². The van der Waals surface area contributed by atoms with Gasteiger partial charge in [0.15, 0.2) is 0 Å². The van der Waals surface area contributed by atoms with Crippen molar-refractivity contribution < 1.29 is 24.2 Å². The minimum Gasteiger partial charge on any atom is -0.481 e. The Morgan fingerprint density at radius 2 is 2.08 bits per heavy atom. The smallest absolute Gasteiger partial charge is 0.311 e. The average molecular weight is 348 g/mol. The van der Waals surface area contributed by atoms with Gasteiger partial charge in [0.05, 0.1) is 19.6 Å². The number of nitrogens with zero attached hydrogens (tertiary/aromatic N) is 2. The molecule has 2 heterocycles. The second-order valence-corrected chi connectivity index (χ2v) is 6.97. The zero-order chi connectivity index (χ0) is 18.0. The number of hydrogen-bond donors (Lipinski definition) is 1. The monoisotopic (exact) mass is 348 g/mol. The van der Waals surface area contributed by atoms with Crippen molar-refractivity contribution in [3.05, 3.63) is 17.7 Å². The number of pyridine rings is 1. The van der Waals surface area contributed by atoms with Gasteiger partial charge in [0.25, 0.3) is 5.91 Å². The van der Waals surface area contributed by atoms with E-state index in [0.717, 1.165) is 12.8 Å². The molecule has 3 rings (SSSR count). The molecule has 1 saturated heterocycles. The number of carbonyl (C=O) groups excluding carboxylic acids is 1. The molecule has 2 aliphatic rings. The first-order valence-electron chi connectivity index (χ1n) is 8.61. The molecule has 1 aliphatic carbocycles. The minimum absolute atomic E-state index is 0.193. The first-order chi connectivity index (χ1) is 12.0. The zero-order valence-corrected chi connectivity index (χ0v) is 14.7. The molecule has 1 atom stereocenters. The number of carboxylic acids is 1. The fourth-order valence-electron chi connectivity index (χ4n) is 3.63. The van der Waals surface area contributed by atoms with Gasteiger partial charge in [0, 0.05) is 19.2 Å². The Morgan fingerprint density at radius 1 is 1.32 bits per heavy atom. The van der Waals surface area contributed by atoms with Crippen molar-refractivity contribution in [3.63, 3.8) is 0 Å². The topological polar surface area (TPSA) is 89.0 Å². The van der Waals surface area contributed by atoms with E-state index in [-0.39, 0.29) is 18.3 Å². The van der Waals surface area contributed by atoms with Crippen LogP contribution in [-0.4, -0.2) is 54.2 Å². The van der Waals surface area contributed by atoms with Crippen LogP contribution in [0.25, 0.3) is 0 Å². The van der Waals surface area contributed by atoms with E-state index in [2.05, 4.69) is 4.98 Å². The molecule has 1 aromatic heterocycles. The third-order valence-electron chi connectivity index (χ3n) is 5.16. The van der Waals surface area contributed by atoms with Gasteiger partial charge in [0.1, 0.15) is 5.56 Å². The summed E-state index contributed by atoms with van der Waals surface area (Å²) in [6.07, 6.45) is 4.17. The molecule has 1 N–H and O–H groups in total. The number of amides is 1. The average Bonchev–Trinajstić information content (AvgIpc) is 3.44. The zero-order valence-electron chi connectivity index (χ0n) is 14.7. The lowest BCUT2D eigenvalue weighted by molar-refractivity contribution is -0.152. The fraction of sp³-hybridized carbons (Fsp3) is 0.611. The molecule has 0 bridgehead atoms. The standard InChI is InChI=1S/C18H24N2O5/c1-24-14-7-6-13(15(19-14)25-2)16(21)20-9-3-8-18(11-20,17(22)23)10-12-4-5-12/h6-7,12H,3-5,8-11H2,1-2H3,(H,22,23)/t18-/m1/s1. The third kappa shape index (κ3) is 3.55. The Morgan fingerprint density at radius 3 is 2.68 bits per heavy atom. The van der Waals surface area contributed by atoms with Crippen molar-refractivity contribution in [3.8, 4) is 11.8 Å². The van der Waals surface area contributed by atoms with Crippen LogP contribution < -0.4 is 9.47 Å². The predicted molar refractivity (Wildman–Crippen MR) is 89.9 cm³/mol. The van der Waals surface area contributed by atoms with E-state index in [1.54, 1.807) is 17.0 Å². The van der Waals surface area contributed by atoms with Crippen LogP contribution in [0.15, 0.2) is 12.1 Å². The molecule has 0 radical (unpaired) electrons. The van der Waals surface area contributed by atoms with Gasteiger partial charge in [0.2, 0.25) is 11.8 Å². The highest BCUT2D eigenvalue weighted by Gasteiger charge is 2.47. The van der Waals surface area contributed by atoms with E-state index in [9.17, 15) is 14.7 Å². The Balaban J connectivity index is 1.83. The number of ether oxygens (including phenoxy) is 2. The SMILES string of the molecule is COc1ccc(C(=O)N2CCC[C@](CC3CC3)(C(=O)O)C2)c(OC)n1. The van der Waals surface area contributed by atoms with Crippen LogP contribution >= 0.6 is 0 Å². The Bertz CT molecular complexity index is 673. The van der Waals surface area contributed by atoms with Crippen molar-refractivity contribution >= 4 is 11.9 Å². The number of aliphatic carboxylic acids is 1. The highest BCUT2D eigenvalue weighted by Crippen LogP contribution is 2.45. The maximum Gasteiger partial charge on any atom is 0.311 e. The van der Waals surface area contributed by atoms with Crippen molar-refractivity contribution in [1.29, 1.82) is 0 Å². The number of rotatable bonds is 6. The molecular formula is C18H24N2O5. The fourth-order valence-corrected chi connectivity index (χ4v) is 3.63. The van der Waals surface area contributed by atoms with Gasteiger partial charge in [-0.1, -0.05) is 12.8 Å². The normalized spacial score (nSPS) is 23.2. The first-order valence-corrected chi connectivity index (χ1v) is 8.61. The number of hydrogen-bond acceptors (Lipinski definition) is 5. The number of methoxy groups -OCH3 is 2. The summed E-state index contributed by atoms with van der Waals surface area (Å²) >= 11 is 0. The summed E-state index contributed by atoms with van der Waals surface area (Å²) in [7, 11) is 2.94. The van der Waals surface area contributed by atoms with Crippen molar-refractivity contribution in [2.45, 2.75) is 32.1 Å². The lowest BCUT2D eigenvalue weighted by Crippen LogP contribution is -2.50. The lowest BCUT2D eigenvalue weighted by Gasteiger charge is -2.40. The molecule has 1 saturated carbocycles. The van der Waals surface area contributed by atoms with Crippen LogP contribution in [0.3, 0.4) is 0 Å². The van der Waals surface area contributed by atoms with E-state index in [4.69, 9.17) is 9.47 Å². The van der Waals surface area contributed by atoms with Crippen LogP contribution in [0, 0.1) is 11.3 Å². The number of piperidine rings is 1. The first kappa shape index (κ1) is 17.5. The van der Waals surface area contributed by atoms with E-state index < -0.39 is 11.4 Å². The quantitative estimate of drug-likeness (QED) is 0.848. The van der Waals surface area contributed by atoms with E-state index >= 15 is 0 Å². The highest BCUT2D eigenvalue weighted by molar-refractivity contribution is 5.97. The largest absolute Gasteiger partial charge is 0.481 e. The molecule has 0 spiro atoms. The number of carbonyl (C=O) groups is 2. The maximum absolute atomic E-state index is 13.0. The summed E-state index contributed by atoms with van der Waals surface area (Å²) in [4.78, 5) is 30.7. The Kier molecular flexibility index (Phi) is 4.83. The number of likely N-dealkylation sites (tertiary alicyclic amines) is 1. The summed E-state index contributed by atoms with van der Waals surface area (Å²) in [5.74, 6) is 0.00638. The minimum atomic E-state index is -0.831. The summed E-state index contributed by atoms with van der Waals surface area (Å²) in [5, 5.41) is 9.81. The molecule has 0 unspecified atom stereocenters. The summed E-state index contributed by atoms with van der Waals surface area (Å²) in [6.45, 7) is 0.792. The Labute approximate surface area is 146 Å². The van der Waals surface area contributed by atoms with E-state index in [1.807, 2.05) is 0 Å². The lowest BCUT2D eigenvalue weighted by atomic mass is 9.75. The Hall–Kier alpha value is -2.31. The van der Waals surface area contributed by atoms with Crippen molar-refractivity contribution in [2.24, 2.45) is 11.3 Å². The van der Waals surface area contributed by atoms with Gasteiger partial charge in [-0.2, -0.15) is 4.98 Å². The maximum atomic E-state index is 13.0. The molecule has 1 amide bonds. The third-order valence-corrected chi connectivity index (χ3v) is 5.16. The molecule has 1 aromatic rings. The van der Waals surface area contributed by atoms with Crippen molar-refractivity contribution in [1.82, 2.24) is 9.88 Å². The molecule has 25 heavy (non-hydrogen) atoms. The van der Waals surface area contributed by atoms with Gasteiger partial charge < -0.3 is 19.5 Å². The molecular weight excluding hydrogens is 324 g/mol. The molecule has 7 nitrogen and oxygen atoms in total. The van der Waals surface area contributed by atoms with Crippen molar-refractivity contribution in [2.75, 3.05) is 27.3 Å². The van der Waals surface area contributed by atoms with Gasteiger partial charge in [-0.25, -0.2) is 0 Å². The molecule has 0 aromatic carbocycles. The van der Waals surface area contributed by atoms with Crippen LogP contribution in [0.4, 0.5) is 0 Å². The summed E-state index contributed by atoms with van der Waals surface area (Å²) in [6, 6.07) is 3.22. The van der Waals surface area contributed by atoms with Crippen LogP contribution in [0.1, 0.15) is 42.5 Å². The van der Waals surface area contributed by atoms with Crippen LogP contribution in [0.5, 0.6) is 11.8 Å². The number of aromatic nitrogens is 1. The molecule has 2 fully saturated rings. The summed E-state index contributed by atoms with van der Waals surface area (Å²) in [5.41, 5.74) is -0.502. The predicted octanol–water partition coefficient (Wildman–Crippen LogP) is 2.21. The second kappa shape index (κ2) is 6.90. The highest BCUT2D eigenvalue weighted by atomic mass is 16.5. The van der Waals surface area contributed by atoms with Gasteiger partial charge >= 0.3 is 5.97 Å². The van der Waals surface area contributed by atoms with Crippen LogP contribution in [-0.2, 0) is 4.79 Å². The summed E-state index contributed by atoms with van der Waals surface area (Å²) < 4.78 is 10.3. The second-order valence-electron chi connectivity index (χ2n) is 6.97. The van der Waals surface area contributed by atoms with E-state index in [0.29, 0.717) is 43.2 Å². The van der Waals surface area contributed by atoms with Gasteiger partial charge in [-0.3, -0.25) is 9.59 Å². The van der Waals surface area contributed by atoms with Gasteiger partial charge in [-0.05, 0) is 31.2 Å². The molecule has 7 heteroatoms. The molecule has 136 valence electrons. The van der Waals surface area contributed by atoms with Crippen LogP contribution in [0.2, 0.25) is 0 Å². The molecule has 1 aliphatic heterocycles.